The van der Waals surface area contributed by atoms with Crippen molar-refractivity contribution in [2.75, 3.05) is 26.4 Å². The summed E-state index contributed by atoms with van der Waals surface area (Å²) in [6, 6.07) is 0. The highest BCUT2D eigenvalue weighted by Gasteiger charge is 1.98. The lowest BCUT2D eigenvalue weighted by Gasteiger charge is -2.04. The van der Waals surface area contributed by atoms with Gasteiger partial charge in [-0.2, -0.15) is 0 Å². The average molecular weight is 213 g/mol. The Morgan fingerprint density at radius 1 is 1.53 bits per heavy atom. The van der Waals surface area contributed by atoms with Gasteiger partial charge in [-0.25, -0.2) is 4.98 Å². The molecule has 0 saturated heterocycles. The van der Waals surface area contributed by atoms with E-state index in [1.807, 2.05) is 6.92 Å². The Labute approximate surface area is 89.9 Å². The Morgan fingerprint density at radius 3 is 3.07 bits per heavy atom. The van der Waals surface area contributed by atoms with Crippen LogP contribution in [0, 0.1) is 6.92 Å². The first-order valence-corrected chi connectivity index (χ1v) is 5.22. The number of imidazole rings is 1. The number of aliphatic hydroxyl groups is 1. The maximum Gasteiger partial charge on any atom is 0.0925 e. The number of ether oxygens (including phenoxy) is 1. The highest BCUT2D eigenvalue weighted by atomic mass is 16.5. The number of aryl methyl sites for hydroxylation is 1. The molecule has 1 rings (SSSR count). The van der Waals surface area contributed by atoms with Crippen LogP contribution in [0.15, 0.2) is 6.33 Å². The van der Waals surface area contributed by atoms with Gasteiger partial charge in [0, 0.05) is 18.8 Å². The molecule has 0 radical (unpaired) electrons. The second-order valence-corrected chi connectivity index (χ2v) is 3.34. The highest BCUT2D eigenvalue weighted by molar-refractivity contribution is 5.07. The number of rotatable bonds is 8. The fraction of sp³-hybridized carbons (Fsp3) is 0.700. The second-order valence-electron chi connectivity index (χ2n) is 3.34. The second kappa shape index (κ2) is 7.39. The van der Waals surface area contributed by atoms with Gasteiger partial charge in [-0.3, -0.25) is 0 Å². The highest BCUT2D eigenvalue weighted by Crippen LogP contribution is 1.98. The van der Waals surface area contributed by atoms with Crippen LogP contribution in [0.3, 0.4) is 0 Å². The quantitative estimate of drug-likeness (QED) is 0.540. The minimum atomic E-state index is 0.0971. The van der Waals surface area contributed by atoms with Crippen molar-refractivity contribution in [3.8, 4) is 0 Å². The van der Waals surface area contributed by atoms with E-state index in [-0.39, 0.29) is 6.61 Å². The molecule has 5 nitrogen and oxygen atoms in total. The number of hydrogen-bond acceptors (Lipinski definition) is 4. The molecule has 0 aliphatic heterocycles. The summed E-state index contributed by atoms with van der Waals surface area (Å²) in [6.45, 7) is 4.91. The molecule has 0 unspecified atom stereocenters. The van der Waals surface area contributed by atoms with Crippen LogP contribution in [-0.4, -0.2) is 41.4 Å². The van der Waals surface area contributed by atoms with E-state index in [9.17, 15) is 0 Å². The predicted octanol–water partition coefficient (Wildman–Crippen LogP) is 0.207. The first-order chi connectivity index (χ1) is 7.34. The van der Waals surface area contributed by atoms with Crippen LogP contribution in [0.5, 0.6) is 0 Å². The van der Waals surface area contributed by atoms with Crippen molar-refractivity contribution < 1.29 is 9.84 Å². The van der Waals surface area contributed by atoms with Gasteiger partial charge in [0.15, 0.2) is 0 Å². The Hall–Kier alpha value is -0.910. The first-order valence-electron chi connectivity index (χ1n) is 5.22. The lowest BCUT2D eigenvalue weighted by atomic mass is 10.3. The van der Waals surface area contributed by atoms with E-state index >= 15 is 0 Å². The number of aromatic amines is 1. The van der Waals surface area contributed by atoms with Crippen molar-refractivity contribution in [3.05, 3.63) is 17.7 Å². The maximum atomic E-state index is 8.47. The molecule has 3 N–H and O–H groups in total. The molecule has 0 aromatic carbocycles. The van der Waals surface area contributed by atoms with Crippen molar-refractivity contribution in [3.63, 3.8) is 0 Å². The molecule has 0 saturated carbocycles. The summed E-state index contributed by atoms with van der Waals surface area (Å²) in [5.41, 5.74) is 2.17. The molecule has 0 fully saturated rings. The molecule has 0 spiro atoms. The fourth-order valence-electron chi connectivity index (χ4n) is 1.24. The summed E-state index contributed by atoms with van der Waals surface area (Å²) < 4.78 is 5.13. The number of aliphatic hydroxyl groups excluding tert-OH is 1. The standard InChI is InChI=1S/C10H19N3O2/c1-9-10(13-8-12-9)7-11-3-2-5-15-6-4-14/h8,11,14H,2-7H2,1H3,(H,12,13). The van der Waals surface area contributed by atoms with E-state index in [2.05, 4.69) is 15.3 Å². The number of nitrogens with zero attached hydrogens (tertiary/aromatic N) is 1. The van der Waals surface area contributed by atoms with Crippen LogP contribution in [0.25, 0.3) is 0 Å². The smallest absolute Gasteiger partial charge is 0.0925 e. The molecular formula is C10H19N3O2. The average Bonchev–Trinajstić information content (AvgIpc) is 2.63. The van der Waals surface area contributed by atoms with Crippen molar-refractivity contribution in [2.24, 2.45) is 0 Å². The first kappa shape index (κ1) is 12.2. The third-order valence-electron chi connectivity index (χ3n) is 2.10. The van der Waals surface area contributed by atoms with E-state index in [1.54, 1.807) is 6.33 Å². The minimum Gasteiger partial charge on any atom is -0.394 e. The lowest BCUT2D eigenvalue weighted by molar-refractivity contribution is 0.0907. The molecule has 0 amide bonds. The van der Waals surface area contributed by atoms with Crippen LogP contribution in [0.4, 0.5) is 0 Å². The number of hydrogen-bond donors (Lipinski definition) is 3. The van der Waals surface area contributed by atoms with E-state index < -0.39 is 0 Å². The molecule has 0 aliphatic carbocycles. The maximum absolute atomic E-state index is 8.47. The zero-order valence-corrected chi connectivity index (χ0v) is 9.12. The van der Waals surface area contributed by atoms with Crippen molar-refractivity contribution in [1.82, 2.24) is 15.3 Å². The van der Waals surface area contributed by atoms with E-state index in [0.29, 0.717) is 13.2 Å². The molecule has 1 aromatic heterocycles. The van der Waals surface area contributed by atoms with Gasteiger partial charge in [0.25, 0.3) is 0 Å². The van der Waals surface area contributed by atoms with Gasteiger partial charge in [-0.05, 0) is 19.9 Å². The monoisotopic (exact) mass is 213 g/mol. The van der Waals surface area contributed by atoms with Crippen LogP contribution < -0.4 is 5.32 Å². The van der Waals surface area contributed by atoms with E-state index in [4.69, 9.17) is 9.84 Å². The van der Waals surface area contributed by atoms with Gasteiger partial charge in [-0.15, -0.1) is 0 Å². The minimum absolute atomic E-state index is 0.0971. The fourth-order valence-corrected chi connectivity index (χ4v) is 1.24. The lowest BCUT2D eigenvalue weighted by Crippen LogP contribution is -2.17. The third kappa shape index (κ3) is 4.92. The Bertz CT molecular complexity index is 263. The Balaban J connectivity index is 1.96. The summed E-state index contributed by atoms with van der Waals surface area (Å²) in [5.74, 6) is 0. The van der Waals surface area contributed by atoms with E-state index in [1.165, 1.54) is 0 Å². The van der Waals surface area contributed by atoms with Gasteiger partial charge < -0.3 is 20.1 Å². The van der Waals surface area contributed by atoms with Crippen LogP contribution in [-0.2, 0) is 11.3 Å². The number of nitrogens with one attached hydrogen (secondary N) is 2. The predicted molar refractivity (Wildman–Crippen MR) is 57.6 cm³/mol. The molecule has 1 aromatic rings. The number of aromatic nitrogens is 2. The van der Waals surface area contributed by atoms with Crippen LogP contribution in [0.2, 0.25) is 0 Å². The normalized spacial score (nSPS) is 10.8. The molecule has 15 heavy (non-hydrogen) atoms. The summed E-state index contributed by atoms with van der Waals surface area (Å²) in [6.07, 6.45) is 2.65. The van der Waals surface area contributed by atoms with Crippen molar-refractivity contribution in [1.29, 1.82) is 0 Å². The van der Waals surface area contributed by atoms with Gasteiger partial charge in [0.05, 0.1) is 25.2 Å². The van der Waals surface area contributed by atoms with Crippen LogP contribution >= 0.6 is 0 Å². The summed E-state index contributed by atoms with van der Waals surface area (Å²) in [5, 5.41) is 11.8. The summed E-state index contributed by atoms with van der Waals surface area (Å²) in [7, 11) is 0. The summed E-state index contributed by atoms with van der Waals surface area (Å²) >= 11 is 0. The molecule has 0 aliphatic rings. The zero-order valence-electron chi connectivity index (χ0n) is 9.12. The van der Waals surface area contributed by atoms with Gasteiger partial charge >= 0.3 is 0 Å². The van der Waals surface area contributed by atoms with E-state index in [0.717, 1.165) is 30.9 Å². The zero-order chi connectivity index (χ0) is 10.9. The van der Waals surface area contributed by atoms with Crippen LogP contribution in [0.1, 0.15) is 17.8 Å². The van der Waals surface area contributed by atoms with Crippen molar-refractivity contribution in [2.45, 2.75) is 19.9 Å². The van der Waals surface area contributed by atoms with Crippen molar-refractivity contribution >= 4 is 0 Å². The molecule has 0 bridgehead atoms. The Kier molecular flexibility index (Phi) is 5.99. The summed E-state index contributed by atoms with van der Waals surface area (Å²) in [4.78, 5) is 7.21. The Morgan fingerprint density at radius 2 is 2.40 bits per heavy atom. The largest absolute Gasteiger partial charge is 0.394 e. The molecular weight excluding hydrogens is 194 g/mol. The molecule has 86 valence electrons. The topological polar surface area (TPSA) is 70.2 Å². The van der Waals surface area contributed by atoms with Gasteiger partial charge in [0.1, 0.15) is 0 Å². The SMILES string of the molecule is Cc1[nH]cnc1CNCCCOCCO. The third-order valence-corrected chi connectivity index (χ3v) is 2.10. The molecule has 5 heteroatoms. The van der Waals surface area contributed by atoms with Gasteiger partial charge in [-0.1, -0.05) is 0 Å². The molecule has 1 heterocycles. The molecule has 0 atom stereocenters. The van der Waals surface area contributed by atoms with Gasteiger partial charge in [0.2, 0.25) is 0 Å². The number of H-pyrrole nitrogens is 1.